The quantitative estimate of drug-likeness (QED) is 0.873. The molecule has 7 heteroatoms. The highest BCUT2D eigenvalue weighted by atomic mass is 16.5. The van der Waals surface area contributed by atoms with Gasteiger partial charge < -0.3 is 14.7 Å². The maximum Gasteiger partial charge on any atom is 0.227 e. The summed E-state index contributed by atoms with van der Waals surface area (Å²) >= 11 is 0. The second-order valence-corrected chi connectivity index (χ2v) is 6.36. The first-order valence-corrected chi connectivity index (χ1v) is 8.49. The van der Waals surface area contributed by atoms with E-state index >= 15 is 0 Å². The molecule has 0 bridgehead atoms. The normalized spacial score (nSPS) is 21.7. The number of rotatable bonds is 4. The molecule has 3 heterocycles. The third kappa shape index (κ3) is 3.02. The summed E-state index contributed by atoms with van der Waals surface area (Å²) in [6.45, 7) is 6.00. The van der Waals surface area contributed by atoms with Crippen LogP contribution in [0.4, 0.5) is 5.95 Å². The van der Waals surface area contributed by atoms with Crippen LogP contribution in [0.15, 0.2) is 30.3 Å². The Balaban J connectivity index is 1.57. The molecule has 1 aromatic carbocycles. The van der Waals surface area contributed by atoms with E-state index in [4.69, 9.17) is 4.74 Å². The van der Waals surface area contributed by atoms with Crippen LogP contribution in [0.2, 0.25) is 0 Å². The Labute approximate surface area is 141 Å². The van der Waals surface area contributed by atoms with Crippen LogP contribution in [0, 0.1) is 0 Å². The average molecular weight is 329 g/mol. The molecular weight excluding hydrogens is 306 g/mol. The number of aromatic nitrogens is 3. The molecule has 1 atom stereocenters. The van der Waals surface area contributed by atoms with Crippen molar-refractivity contribution in [2.75, 3.05) is 44.3 Å². The van der Waals surface area contributed by atoms with Crippen molar-refractivity contribution in [3.05, 3.63) is 41.7 Å². The molecule has 2 saturated heterocycles. The molecule has 2 fully saturated rings. The van der Waals surface area contributed by atoms with E-state index in [1.165, 1.54) is 5.56 Å². The topological polar surface area (TPSA) is 66.7 Å². The van der Waals surface area contributed by atoms with Gasteiger partial charge in [0, 0.05) is 26.2 Å². The smallest absolute Gasteiger partial charge is 0.227 e. The van der Waals surface area contributed by atoms with Crippen LogP contribution in [-0.2, 0) is 17.9 Å². The van der Waals surface area contributed by atoms with Crippen LogP contribution >= 0.6 is 0 Å². The van der Waals surface area contributed by atoms with Crippen molar-refractivity contribution in [2.24, 2.45) is 0 Å². The van der Waals surface area contributed by atoms with Crippen molar-refractivity contribution in [1.29, 1.82) is 0 Å². The number of ether oxygens (including phenoxy) is 1. The van der Waals surface area contributed by atoms with Crippen molar-refractivity contribution in [1.82, 2.24) is 19.7 Å². The van der Waals surface area contributed by atoms with E-state index in [0.29, 0.717) is 18.4 Å². The van der Waals surface area contributed by atoms with E-state index in [1.54, 1.807) is 0 Å². The maximum atomic E-state index is 9.63. The van der Waals surface area contributed by atoms with Crippen LogP contribution < -0.4 is 4.90 Å². The van der Waals surface area contributed by atoms with Crippen molar-refractivity contribution in [3.8, 4) is 0 Å². The van der Waals surface area contributed by atoms with Crippen LogP contribution in [-0.4, -0.2) is 70.2 Å². The lowest BCUT2D eigenvalue weighted by Crippen LogP contribution is -2.58. The molecule has 0 saturated carbocycles. The molecule has 0 radical (unpaired) electrons. The fourth-order valence-corrected chi connectivity index (χ4v) is 3.53. The Morgan fingerprint density at radius 2 is 2.00 bits per heavy atom. The predicted molar refractivity (Wildman–Crippen MR) is 89.9 cm³/mol. The van der Waals surface area contributed by atoms with Gasteiger partial charge in [0.1, 0.15) is 6.61 Å². The number of hydrogen-bond donors (Lipinski definition) is 1. The third-order valence-corrected chi connectivity index (χ3v) is 4.85. The van der Waals surface area contributed by atoms with Crippen LogP contribution in [0.25, 0.3) is 0 Å². The molecule has 2 aliphatic rings. The molecule has 1 unspecified atom stereocenters. The van der Waals surface area contributed by atoms with E-state index in [1.807, 2.05) is 22.8 Å². The fourth-order valence-electron chi connectivity index (χ4n) is 3.53. The maximum absolute atomic E-state index is 9.63. The number of fused-ring (bicyclic) bond motifs is 1. The van der Waals surface area contributed by atoms with E-state index in [2.05, 4.69) is 32.1 Å². The zero-order valence-corrected chi connectivity index (χ0v) is 13.7. The summed E-state index contributed by atoms with van der Waals surface area (Å²) < 4.78 is 7.65. The minimum absolute atomic E-state index is 0.105. The fraction of sp³-hybridized carbons (Fsp3) is 0.529. The molecule has 2 aromatic rings. The van der Waals surface area contributed by atoms with Gasteiger partial charge in [-0.3, -0.25) is 9.47 Å². The standard InChI is InChI=1S/C17H23N5O2/c23-12-16-18-19-17(22(16)10-14-4-2-1-3-5-14)21-7-6-20-8-9-24-13-15(20)11-21/h1-5,15,23H,6-13H2. The van der Waals surface area contributed by atoms with Gasteiger partial charge in [-0.05, 0) is 5.56 Å². The molecule has 128 valence electrons. The lowest BCUT2D eigenvalue weighted by Gasteiger charge is -2.43. The van der Waals surface area contributed by atoms with E-state index < -0.39 is 0 Å². The minimum Gasteiger partial charge on any atom is -0.388 e. The first kappa shape index (κ1) is 15.6. The van der Waals surface area contributed by atoms with Gasteiger partial charge >= 0.3 is 0 Å². The van der Waals surface area contributed by atoms with E-state index in [0.717, 1.165) is 45.3 Å². The summed E-state index contributed by atoms with van der Waals surface area (Å²) in [4.78, 5) is 4.76. The van der Waals surface area contributed by atoms with Gasteiger partial charge in [0.05, 0.1) is 25.8 Å². The molecule has 24 heavy (non-hydrogen) atoms. The zero-order valence-electron chi connectivity index (χ0n) is 13.7. The van der Waals surface area contributed by atoms with Crippen molar-refractivity contribution < 1.29 is 9.84 Å². The molecule has 0 aliphatic carbocycles. The van der Waals surface area contributed by atoms with Gasteiger partial charge in [0.25, 0.3) is 0 Å². The second kappa shape index (κ2) is 6.88. The van der Waals surface area contributed by atoms with Gasteiger partial charge in [-0.1, -0.05) is 30.3 Å². The van der Waals surface area contributed by atoms with Gasteiger partial charge in [-0.25, -0.2) is 0 Å². The Bertz CT molecular complexity index is 675. The molecule has 7 nitrogen and oxygen atoms in total. The number of nitrogens with zero attached hydrogens (tertiary/aromatic N) is 5. The van der Waals surface area contributed by atoms with E-state index in [-0.39, 0.29) is 6.61 Å². The number of hydrogen-bond acceptors (Lipinski definition) is 6. The summed E-state index contributed by atoms with van der Waals surface area (Å²) in [5.41, 5.74) is 1.17. The Morgan fingerprint density at radius 3 is 2.83 bits per heavy atom. The van der Waals surface area contributed by atoms with Crippen molar-refractivity contribution in [2.45, 2.75) is 19.2 Å². The van der Waals surface area contributed by atoms with E-state index in [9.17, 15) is 5.11 Å². The molecular formula is C17H23N5O2. The second-order valence-electron chi connectivity index (χ2n) is 6.36. The highest BCUT2D eigenvalue weighted by molar-refractivity contribution is 5.34. The van der Waals surface area contributed by atoms with Gasteiger partial charge in [0.15, 0.2) is 5.82 Å². The lowest BCUT2D eigenvalue weighted by atomic mass is 10.1. The monoisotopic (exact) mass is 329 g/mol. The first-order chi connectivity index (χ1) is 11.8. The number of piperazine rings is 1. The summed E-state index contributed by atoms with van der Waals surface area (Å²) in [6.07, 6.45) is 0. The molecule has 4 rings (SSSR count). The highest BCUT2D eigenvalue weighted by Gasteiger charge is 2.31. The lowest BCUT2D eigenvalue weighted by molar-refractivity contribution is -0.0119. The highest BCUT2D eigenvalue weighted by Crippen LogP contribution is 2.21. The van der Waals surface area contributed by atoms with Crippen molar-refractivity contribution >= 4 is 5.95 Å². The average Bonchev–Trinajstić information content (AvgIpc) is 3.05. The zero-order chi connectivity index (χ0) is 16.4. The van der Waals surface area contributed by atoms with Crippen LogP contribution in [0.1, 0.15) is 11.4 Å². The SMILES string of the molecule is OCc1nnc(N2CCN3CCOCC3C2)n1Cc1ccccc1. The third-order valence-electron chi connectivity index (χ3n) is 4.85. The summed E-state index contributed by atoms with van der Waals surface area (Å²) in [5.74, 6) is 1.45. The Morgan fingerprint density at radius 1 is 1.12 bits per heavy atom. The number of anilines is 1. The molecule has 1 aromatic heterocycles. The Kier molecular flexibility index (Phi) is 4.46. The van der Waals surface area contributed by atoms with Crippen LogP contribution in [0.3, 0.4) is 0 Å². The van der Waals surface area contributed by atoms with Crippen LogP contribution in [0.5, 0.6) is 0 Å². The molecule has 0 spiro atoms. The number of aliphatic hydroxyl groups is 1. The number of morpholine rings is 1. The largest absolute Gasteiger partial charge is 0.388 e. The summed E-state index contributed by atoms with van der Waals surface area (Å²) in [6, 6.07) is 10.6. The van der Waals surface area contributed by atoms with Gasteiger partial charge in [-0.2, -0.15) is 0 Å². The number of benzene rings is 1. The minimum atomic E-state index is -0.105. The van der Waals surface area contributed by atoms with Gasteiger partial charge in [0.2, 0.25) is 5.95 Å². The molecule has 2 aliphatic heterocycles. The van der Waals surface area contributed by atoms with Gasteiger partial charge in [-0.15, -0.1) is 10.2 Å². The predicted octanol–water partition coefficient (Wildman–Crippen LogP) is 0.340. The first-order valence-electron chi connectivity index (χ1n) is 8.49. The molecule has 1 N–H and O–H groups in total. The van der Waals surface area contributed by atoms with Crippen molar-refractivity contribution in [3.63, 3.8) is 0 Å². The Hall–Kier alpha value is -1.96. The summed E-state index contributed by atoms with van der Waals surface area (Å²) in [7, 11) is 0. The molecule has 0 amide bonds. The number of aliphatic hydroxyl groups excluding tert-OH is 1. The summed E-state index contributed by atoms with van der Waals surface area (Å²) in [5, 5.41) is 18.2.